The average Bonchev–Trinajstić information content (AvgIpc) is 2.57. The van der Waals surface area contributed by atoms with E-state index in [1.165, 1.54) is 5.56 Å². The molecule has 0 aliphatic rings. The van der Waals surface area contributed by atoms with Gasteiger partial charge in [0.2, 0.25) is 0 Å². The molecule has 2 rings (SSSR count). The highest BCUT2D eigenvalue weighted by molar-refractivity contribution is 8.04. The summed E-state index contributed by atoms with van der Waals surface area (Å²) in [5, 5.41) is 0. The van der Waals surface area contributed by atoms with Crippen LogP contribution in [0.15, 0.2) is 60.7 Å². The molecule has 0 saturated heterocycles. The summed E-state index contributed by atoms with van der Waals surface area (Å²) in [4.78, 5) is -0.330. The van der Waals surface area contributed by atoms with Gasteiger partial charge in [-0.1, -0.05) is 60.7 Å². The van der Waals surface area contributed by atoms with Crippen molar-refractivity contribution in [2.24, 2.45) is 0 Å². The molecule has 2 aromatic rings. The van der Waals surface area contributed by atoms with Crippen molar-refractivity contribution in [3.05, 3.63) is 71.8 Å². The van der Waals surface area contributed by atoms with E-state index < -0.39 is 7.60 Å². The molecule has 0 saturated carbocycles. The van der Waals surface area contributed by atoms with Gasteiger partial charge in [-0.05, 0) is 25.0 Å². The van der Waals surface area contributed by atoms with Gasteiger partial charge in [0.15, 0.2) is 0 Å². The van der Waals surface area contributed by atoms with Crippen LogP contribution in [-0.4, -0.2) is 13.2 Å². The molecule has 0 heterocycles. The largest absolute Gasteiger partial charge is 0.347 e. The number of hydrogen-bond acceptors (Lipinski definition) is 4. The first kappa shape index (κ1) is 18.3. The maximum atomic E-state index is 13.3. The molecule has 23 heavy (non-hydrogen) atoms. The Morgan fingerprint density at radius 3 is 1.96 bits per heavy atom. The van der Waals surface area contributed by atoms with Crippen LogP contribution < -0.4 is 0 Å². The van der Waals surface area contributed by atoms with E-state index in [0.717, 1.165) is 11.3 Å². The van der Waals surface area contributed by atoms with E-state index >= 15 is 0 Å². The monoisotopic (exact) mass is 350 g/mol. The fourth-order valence-electron chi connectivity index (χ4n) is 2.27. The van der Waals surface area contributed by atoms with Crippen molar-refractivity contribution >= 4 is 19.4 Å². The van der Waals surface area contributed by atoms with E-state index in [-0.39, 0.29) is 4.99 Å². The van der Waals surface area contributed by atoms with Crippen molar-refractivity contribution in [3.8, 4) is 0 Å². The summed E-state index contributed by atoms with van der Waals surface area (Å²) in [7, 11) is -3.23. The van der Waals surface area contributed by atoms with Crippen molar-refractivity contribution in [1.82, 2.24) is 0 Å². The van der Waals surface area contributed by atoms with Gasteiger partial charge in [0.25, 0.3) is 0 Å². The van der Waals surface area contributed by atoms with Crippen LogP contribution in [0.2, 0.25) is 0 Å². The second-order valence-corrected chi connectivity index (χ2v) is 8.49. The Bertz CT molecular complexity index is 609. The summed E-state index contributed by atoms with van der Waals surface area (Å²) < 4.78 is 24.4. The summed E-state index contributed by atoms with van der Waals surface area (Å²) in [5.41, 5.74) is 2.16. The number of thioether (sulfide) groups is 1. The Hall–Kier alpha value is -1.06. The van der Waals surface area contributed by atoms with Crippen LogP contribution in [0, 0.1) is 0 Å². The van der Waals surface area contributed by atoms with Crippen LogP contribution in [0.3, 0.4) is 0 Å². The average molecular weight is 350 g/mol. The molecule has 0 N–H and O–H groups in total. The summed E-state index contributed by atoms with van der Waals surface area (Å²) in [6.45, 7) is 4.42. The van der Waals surface area contributed by atoms with E-state index in [4.69, 9.17) is 9.05 Å². The molecule has 0 aliphatic heterocycles. The highest BCUT2D eigenvalue weighted by atomic mass is 32.2. The maximum Gasteiger partial charge on any atom is 0.347 e. The maximum absolute atomic E-state index is 13.3. The molecule has 0 aliphatic carbocycles. The highest BCUT2D eigenvalue weighted by Crippen LogP contribution is 2.66. The molecule has 5 heteroatoms. The van der Waals surface area contributed by atoms with Crippen molar-refractivity contribution in [1.29, 1.82) is 0 Å². The fraction of sp³-hybridized carbons (Fsp3) is 0.333. The third-order valence-corrected chi connectivity index (χ3v) is 7.66. The van der Waals surface area contributed by atoms with E-state index in [2.05, 4.69) is 12.1 Å². The standard InChI is InChI=1S/C18H23O3PS/c1-3-20-22(19,21-4-2)18(17-13-9-6-10-14-17)23-15-16-11-7-5-8-12-16/h5-14,18H,3-4,15H2,1-2H3. The van der Waals surface area contributed by atoms with Crippen molar-refractivity contribution in [3.63, 3.8) is 0 Å². The van der Waals surface area contributed by atoms with Crippen LogP contribution in [-0.2, 0) is 19.4 Å². The van der Waals surface area contributed by atoms with Crippen LogP contribution >= 0.6 is 19.4 Å². The summed E-state index contributed by atoms with van der Waals surface area (Å²) >= 11 is 1.60. The fourth-order valence-corrected chi connectivity index (χ4v) is 6.08. The van der Waals surface area contributed by atoms with Crippen molar-refractivity contribution in [2.45, 2.75) is 24.6 Å². The third-order valence-electron chi connectivity index (χ3n) is 3.24. The molecule has 0 radical (unpaired) electrons. The molecular formula is C18H23O3PS. The zero-order valence-electron chi connectivity index (χ0n) is 13.6. The molecule has 124 valence electrons. The Balaban J connectivity index is 2.26. The van der Waals surface area contributed by atoms with Gasteiger partial charge < -0.3 is 9.05 Å². The van der Waals surface area contributed by atoms with Crippen LogP contribution in [0.4, 0.5) is 0 Å². The molecule has 0 fully saturated rings. The second kappa shape index (κ2) is 9.29. The summed E-state index contributed by atoms with van der Waals surface area (Å²) in [5.74, 6) is 0.755. The van der Waals surface area contributed by atoms with Crippen LogP contribution in [0.1, 0.15) is 30.0 Å². The molecule has 1 unspecified atom stereocenters. The minimum atomic E-state index is -3.23. The van der Waals surface area contributed by atoms with Gasteiger partial charge in [-0.2, -0.15) is 0 Å². The summed E-state index contributed by atoms with van der Waals surface area (Å²) in [6, 6.07) is 20.0. The van der Waals surface area contributed by atoms with E-state index in [1.54, 1.807) is 11.8 Å². The van der Waals surface area contributed by atoms with Gasteiger partial charge in [-0.25, -0.2) is 0 Å². The quantitative estimate of drug-likeness (QED) is 0.529. The smallest absolute Gasteiger partial charge is 0.308 e. The van der Waals surface area contributed by atoms with Gasteiger partial charge >= 0.3 is 7.60 Å². The minimum absolute atomic E-state index is 0.330. The second-order valence-electron chi connectivity index (χ2n) is 4.94. The molecular weight excluding hydrogens is 327 g/mol. The topological polar surface area (TPSA) is 35.5 Å². The van der Waals surface area contributed by atoms with Gasteiger partial charge in [-0.15, -0.1) is 11.8 Å². The lowest BCUT2D eigenvalue weighted by Crippen LogP contribution is -2.04. The normalized spacial score (nSPS) is 13.0. The van der Waals surface area contributed by atoms with Crippen LogP contribution in [0.25, 0.3) is 0 Å². The lowest BCUT2D eigenvalue weighted by Gasteiger charge is -2.26. The molecule has 1 atom stereocenters. The zero-order valence-corrected chi connectivity index (χ0v) is 15.3. The first-order valence-corrected chi connectivity index (χ1v) is 10.4. The number of rotatable bonds is 9. The molecule has 3 nitrogen and oxygen atoms in total. The minimum Gasteiger partial charge on any atom is -0.308 e. The molecule has 0 spiro atoms. The predicted molar refractivity (Wildman–Crippen MR) is 97.8 cm³/mol. The third kappa shape index (κ3) is 5.22. The van der Waals surface area contributed by atoms with Gasteiger partial charge in [0, 0.05) is 5.75 Å². The first-order chi connectivity index (χ1) is 11.2. The molecule has 0 aromatic heterocycles. The molecule has 2 aromatic carbocycles. The lowest BCUT2D eigenvalue weighted by molar-refractivity contribution is 0.218. The number of benzene rings is 2. The van der Waals surface area contributed by atoms with Gasteiger partial charge in [0.05, 0.1) is 13.2 Å². The van der Waals surface area contributed by atoms with Gasteiger partial charge in [-0.3, -0.25) is 4.57 Å². The SMILES string of the molecule is CCOP(=O)(OCC)C(SCc1ccccc1)c1ccccc1. The van der Waals surface area contributed by atoms with E-state index in [0.29, 0.717) is 13.2 Å². The van der Waals surface area contributed by atoms with Crippen LogP contribution in [0.5, 0.6) is 0 Å². The Morgan fingerprint density at radius 1 is 0.913 bits per heavy atom. The Labute approximate surface area is 142 Å². The molecule has 0 bridgehead atoms. The lowest BCUT2D eigenvalue weighted by atomic mass is 10.2. The highest BCUT2D eigenvalue weighted by Gasteiger charge is 2.37. The zero-order chi connectivity index (χ0) is 16.5. The Morgan fingerprint density at radius 2 is 1.43 bits per heavy atom. The van der Waals surface area contributed by atoms with Crippen molar-refractivity contribution < 1.29 is 13.6 Å². The van der Waals surface area contributed by atoms with E-state index in [1.807, 2.05) is 62.4 Å². The molecule has 0 amide bonds. The van der Waals surface area contributed by atoms with Gasteiger partial charge in [0.1, 0.15) is 4.99 Å². The van der Waals surface area contributed by atoms with Crippen molar-refractivity contribution in [2.75, 3.05) is 13.2 Å². The van der Waals surface area contributed by atoms with E-state index in [9.17, 15) is 4.57 Å². The number of hydrogen-bond donors (Lipinski definition) is 0. The first-order valence-electron chi connectivity index (χ1n) is 7.79. The predicted octanol–water partition coefficient (Wildman–Crippen LogP) is 5.88. The summed E-state index contributed by atoms with van der Waals surface area (Å²) in [6.07, 6.45) is 0. The Kier molecular flexibility index (Phi) is 7.38.